The highest BCUT2D eigenvalue weighted by atomic mass is 32.1. The fourth-order valence-electron chi connectivity index (χ4n) is 2.22. The van der Waals surface area contributed by atoms with Crippen molar-refractivity contribution in [3.8, 4) is 0 Å². The van der Waals surface area contributed by atoms with Crippen LogP contribution in [0.2, 0.25) is 0 Å². The maximum absolute atomic E-state index is 12.1. The third-order valence-corrected chi connectivity index (χ3v) is 4.09. The van der Waals surface area contributed by atoms with Crippen molar-refractivity contribution in [1.82, 2.24) is 14.5 Å². The summed E-state index contributed by atoms with van der Waals surface area (Å²) in [6.07, 6.45) is 1.56. The molecule has 0 unspecified atom stereocenters. The number of fused-ring (bicyclic) bond motifs is 1. The lowest BCUT2D eigenvalue weighted by Gasteiger charge is -2.15. The number of amides is 1. The lowest BCUT2D eigenvalue weighted by Crippen LogP contribution is -2.35. The number of carbonyl (C=O) groups excluding carboxylic acids is 1. The van der Waals surface area contributed by atoms with Crippen LogP contribution < -0.4 is 5.56 Å². The lowest BCUT2D eigenvalue weighted by atomic mass is 10.3. The Kier molecular flexibility index (Phi) is 3.08. The average Bonchev–Trinajstić information content (AvgIpc) is 3.01. The van der Waals surface area contributed by atoms with E-state index in [1.165, 1.54) is 22.2 Å². The largest absolute Gasteiger partial charge is 0.391 e. The van der Waals surface area contributed by atoms with Gasteiger partial charge in [-0.15, -0.1) is 11.3 Å². The van der Waals surface area contributed by atoms with E-state index in [0.717, 1.165) is 0 Å². The molecule has 1 amide bonds. The maximum Gasteiger partial charge on any atom is 0.262 e. The lowest BCUT2D eigenvalue weighted by molar-refractivity contribution is -0.131. The molecular formula is C12H13N3O3S. The van der Waals surface area contributed by atoms with Crippen LogP contribution in [0.1, 0.15) is 6.42 Å². The molecule has 1 atom stereocenters. The second-order valence-electron chi connectivity index (χ2n) is 4.60. The van der Waals surface area contributed by atoms with Crippen LogP contribution in [0.4, 0.5) is 0 Å². The molecule has 0 aromatic carbocycles. The standard InChI is InChI=1S/C12H13N3O3S/c16-8-1-3-14(5-8)10(17)6-15-7-13-11-9(12(15)18)2-4-19-11/h2,4,7-8,16H,1,3,5-6H2/t8-/m0/s1. The zero-order valence-corrected chi connectivity index (χ0v) is 11.0. The molecule has 0 spiro atoms. The molecule has 2 aromatic rings. The minimum absolute atomic E-state index is 0.0235. The van der Waals surface area contributed by atoms with Gasteiger partial charge in [0.25, 0.3) is 5.56 Å². The van der Waals surface area contributed by atoms with Gasteiger partial charge in [0.1, 0.15) is 11.4 Å². The first kappa shape index (κ1) is 12.3. The molecule has 0 aliphatic carbocycles. The average molecular weight is 279 g/mol. The number of rotatable bonds is 2. The Morgan fingerprint density at radius 1 is 1.58 bits per heavy atom. The van der Waals surface area contributed by atoms with Crippen LogP contribution in [0.25, 0.3) is 10.2 Å². The third-order valence-electron chi connectivity index (χ3n) is 3.27. The number of thiophene rings is 1. The summed E-state index contributed by atoms with van der Waals surface area (Å²) in [5, 5.41) is 11.8. The molecular weight excluding hydrogens is 266 g/mol. The van der Waals surface area contributed by atoms with Crippen LogP contribution in [0, 0.1) is 0 Å². The van der Waals surface area contributed by atoms with Crippen LogP contribution in [0.5, 0.6) is 0 Å². The predicted octanol–water partition coefficient (Wildman–Crippen LogP) is 0.0512. The molecule has 3 heterocycles. The van der Waals surface area contributed by atoms with Crippen molar-refractivity contribution in [3.63, 3.8) is 0 Å². The van der Waals surface area contributed by atoms with Gasteiger partial charge in [0, 0.05) is 13.1 Å². The number of aliphatic hydroxyl groups excluding tert-OH is 1. The first-order valence-electron chi connectivity index (χ1n) is 6.03. The molecule has 2 aromatic heterocycles. The van der Waals surface area contributed by atoms with Gasteiger partial charge in [0.05, 0.1) is 17.8 Å². The Labute approximate surface area is 112 Å². The summed E-state index contributed by atoms with van der Waals surface area (Å²) in [5.41, 5.74) is -0.195. The van der Waals surface area contributed by atoms with Crippen LogP contribution in [0.15, 0.2) is 22.6 Å². The van der Waals surface area contributed by atoms with Gasteiger partial charge in [-0.05, 0) is 17.9 Å². The minimum Gasteiger partial charge on any atom is -0.391 e. The maximum atomic E-state index is 12.1. The quantitative estimate of drug-likeness (QED) is 0.843. The zero-order valence-electron chi connectivity index (χ0n) is 10.2. The topological polar surface area (TPSA) is 75.4 Å². The van der Waals surface area contributed by atoms with E-state index in [9.17, 15) is 14.7 Å². The fraction of sp³-hybridized carbons (Fsp3) is 0.417. The van der Waals surface area contributed by atoms with E-state index in [0.29, 0.717) is 29.7 Å². The molecule has 0 radical (unpaired) electrons. The van der Waals surface area contributed by atoms with Crippen LogP contribution in [0.3, 0.4) is 0 Å². The van der Waals surface area contributed by atoms with Crippen LogP contribution in [-0.2, 0) is 11.3 Å². The Bertz CT molecular complexity index is 678. The number of β-amino-alcohol motifs (C(OH)–C–C–N with tert-alkyl or cyclic N) is 1. The van der Waals surface area contributed by atoms with Gasteiger partial charge in [-0.2, -0.15) is 0 Å². The summed E-state index contributed by atoms with van der Waals surface area (Å²) in [6, 6.07) is 1.72. The molecule has 0 bridgehead atoms. The number of carbonyl (C=O) groups is 1. The van der Waals surface area contributed by atoms with Gasteiger partial charge in [0.2, 0.25) is 5.91 Å². The van der Waals surface area contributed by atoms with Crippen molar-refractivity contribution in [3.05, 3.63) is 28.1 Å². The number of aliphatic hydroxyl groups is 1. The SMILES string of the molecule is O=C(Cn1cnc2sccc2c1=O)N1CC[C@H](O)C1. The van der Waals surface area contributed by atoms with Crippen molar-refractivity contribution in [1.29, 1.82) is 0 Å². The summed E-state index contributed by atoms with van der Waals surface area (Å²) < 4.78 is 1.32. The molecule has 1 aliphatic rings. The van der Waals surface area contributed by atoms with Gasteiger partial charge in [-0.3, -0.25) is 14.2 Å². The summed E-state index contributed by atoms with van der Waals surface area (Å²) in [4.78, 5) is 30.6. The van der Waals surface area contributed by atoms with Crippen LogP contribution in [-0.4, -0.2) is 44.7 Å². The van der Waals surface area contributed by atoms with Gasteiger partial charge in [-0.1, -0.05) is 0 Å². The molecule has 19 heavy (non-hydrogen) atoms. The molecule has 6 nitrogen and oxygen atoms in total. The molecule has 1 N–H and O–H groups in total. The summed E-state index contributed by atoms with van der Waals surface area (Å²) in [7, 11) is 0. The first-order valence-corrected chi connectivity index (χ1v) is 6.91. The van der Waals surface area contributed by atoms with Crippen molar-refractivity contribution >= 4 is 27.5 Å². The van der Waals surface area contributed by atoms with E-state index in [4.69, 9.17) is 0 Å². The highest BCUT2D eigenvalue weighted by Crippen LogP contribution is 2.14. The molecule has 1 fully saturated rings. The highest BCUT2D eigenvalue weighted by molar-refractivity contribution is 7.16. The second-order valence-corrected chi connectivity index (χ2v) is 5.49. The Morgan fingerprint density at radius 2 is 2.42 bits per heavy atom. The molecule has 1 saturated heterocycles. The van der Waals surface area contributed by atoms with Gasteiger partial charge >= 0.3 is 0 Å². The van der Waals surface area contributed by atoms with Crippen molar-refractivity contribution < 1.29 is 9.90 Å². The third kappa shape index (κ3) is 2.26. The minimum atomic E-state index is -0.446. The van der Waals surface area contributed by atoms with E-state index in [2.05, 4.69) is 4.98 Å². The van der Waals surface area contributed by atoms with E-state index in [1.54, 1.807) is 11.0 Å². The molecule has 1 aliphatic heterocycles. The monoisotopic (exact) mass is 279 g/mol. The van der Waals surface area contributed by atoms with E-state index in [1.807, 2.05) is 5.38 Å². The highest BCUT2D eigenvalue weighted by Gasteiger charge is 2.24. The Balaban J connectivity index is 1.83. The van der Waals surface area contributed by atoms with E-state index in [-0.39, 0.29) is 18.0 Å². The van der Waals surface area contributed by atoms with Gasteiger partial charge < -0.3 is 10.0 Å². The Hall–Kier alpha value is -1.73. The fourth-order valence-corrected chi connectivity index (χ4v) is 2.94. The number of hydrogen-bond acceptors (Lipinski definition) is 5. The van der Waals surface area contributed by atoms with E-state index < -0.39 is 6.10 Å². The van der Waals surface area contributed by atoms with Crippen LogP contribution >= 0.6 is 11.3 Å². The molecule has 7 heteroatoms. The van der Waals surface area contributed by atoms with Crippen molar-refractivity contribution in [2.75, 3.05) is 13.1 Å². The number of aromatic nitrogens is 2. The normalized spacial score (nSPS) is 19.2. The second kappa shape index (κ2) is 4.75. The zero-order chi connectivity index (χ0) is 13.4. The van der Waals surface area contributed by atoms with Gasteiger partial charge in [0.15, 0.2) is 0 Å². The predicted molar refractivity (Wildman–Crippen MR) is 71.1 cm³/mol. The molecule has 0 saturated carbocycles. The molecule has 100 valence electrons. The molecule has 3 rings (SSSR count). The number of likely N-dealkylation sites (tertiary alicyclic amines) is 1. The first-order chi connectivity index (χ1) is 9.15. The number of hydrogen-bond donors (Lipinski definition) is 1. The van der Waals surface area contributed by atoms with E-state index >= 15 is 0 Å². The van der Waals surface area contributed by atoms with Gasteiger partial charge in [-0.25, -0.2) is 4.98 Å². The summed E-state index contributed by atoms with van der Waals surface area (Å²) in [5.74, 6) is -0.157. The smallest absolute Gasteiger partial charge is 0.262 e. The summed E-state index contributed by atoms with van der Waals surface area (Å²) in [6.45, 7) is 0.870. The van der Waals surface area contributed by atoms with Crippen molar-refractivity contribution in [2.45, 2.75) is 19.1 Å². The summed E-state index contributed by atoms with van der Waals surface area (Å²) >= 11 is 1.40. The van der Waals surface area contributed by atoms with Crippen molar-refractivity contribution in [2.24, 2.45) is 0 Å². The number of nitrogens with zero attached hydrogens (tertiary/aromatic N) is 3. The Morgan fingerprint density at radius 3 is 3.16 bits per heavy atom.